The lowest BCUT2D eigenvalue weighted by Gasteiger charge is -2.17. The Morgan fingerprint density at radius 2 is 2.08 bits per heavy atom. The standard InChI is InChI=1S/C11H9NS/c1-2-4-9-8(3-1)7-12-10-5-6-13-11(9)10/h1-6,12H,7H2. The zero-order valence-electron chi connectivity index (χ0n) is 7.08. The van der Waals surface area contributed by atoms with E-state index in [0.717, 1.165) is 6.54 Å². The van der Waals surface area contributed by atoms with Gasteiger partial charge in [0.1, 0.15) is 0 Å². The van der Waals surface area contributed by atoms with Gasteiger partial charge in [-0.3, -0.25) is 0 Å². The second kappa shape index (κ2) is 2.60. The second-order valence-electron chi connectivity index (χ2n) is 3.17. The zero-order chi connectivity index (χ0) is 8.67. The van der Waals surface area contributed by atoms with Crippen molar-refractivity contribution in [2.75, 3.05) is 5.32 Å². The van der Waals surface area contributed by atoms with E-state index in [1.165, 1.54) is 21.7 Å². The lowest BCUT2D eigenvalue weighted by atomic mass is 10.0. The molecule has 0 spiro atoms. The molecule has 0 saturated heterocycles. The Labute approximate surface area is 81.0 Å². The zero-order valence-corrected chi connectivity index (χ0v) is 7.90. The highest BCUT2D eigenvalue weighted by atomic mass is 32.1. The van der Waals surface area contributed by atoms with E-state index in [4.69, 9.17) is 0 Å². The third-order valence-corrected chi connectivity index (χ3v) is 3.34. The summed E-state index contributed by atoms with van der Waals surface area (Å²) in [5.74, 6) is 0. The van der Waals surface area contributed by atoms with Crippen LogP contribution in [0.2, 0.25) is 0 Å². The van der Waals surface area contributed by atoms with Crippen molar-refractivity contribution in [2.24, 2.45) is 0 Å². The first-order valence-electron chi connectivity index (χ1n) is 4.35. The Balaban J connectivity index is 2.30. The number of nitrogens with one attached hydrogen (secondary N) is 1. The minimum atomic E-state index is 0.958. The summed E-state index contributed by atoms with van der Waals surface area (Å²) >= 11 is 1.81. The molecule has 1 N–H and O–H groups in total. The largest absolute Gasteiger partial charge is 0.380 e. The second-order valence-corrected chi connectivity index (χ2v) is 4.09. The summed E-state index contributed by atoms with van der Waals surface area (Å²) in [6, 6.07) is 10.7. The molecule has 1 aliphatic heterocycles. The van der Waals surface area contributed by atoms with Crippen LogP contribution in [0.25, 0.3) is 10.4 Å². The number of hydrogen-bond acceptors (Lipinski definition) is 2. The maximum Gasteiger partial charge on any atom is 0.0577 e. The first-order chi connectivity index (χ1) is 6.45. The molecule has 1 nitrogen and oxygen atoms in total. The van der Waals surface area contributed by atoms with Gasteiger partial charge in [0.25, 0.3) is 0 Å². The van der Waals surface area contributed by atoms with Crippen LogP contribution in [0.15, 0.2) is 35.7 Å². The predicted octanol–water partition coefficient (Wildman–Crippen LogP) is 3.34. The van der Waals surface area contributed by atoms with E-state index < -0.39 is 0 Å². The van der Waals surface area contributed by atoms with Gasteiger partial charge in [0.15, 0.2) is 0 Å². The average Bonchev–Trinajstić information content (AvgIpc) is 2.65. The van der Waals surface area contributed by atoms with Gasteiger partial charge in [-0.05, 0) is 22.6 Å². The Kier molecular flexibility index (Phi) is 1.43. The smallest absolute Gasteiger partial charge is 0.0577 e. The summed E-state index contributed by atoms with van der Waals surface area (Å²) in [5.41, 5.74) is 4.08. The van der Waals surface area contributed by atoms with Crippen LogP contribution in [0, 0.1) is 0 Å². The highest BCUT2D eigenvalue weighted by Gasteiger charge is 2.14. The first kappa shape index (κ1) is 7.15. The van der Waals surface area contributed by atoms with Crippen molar-refractivity contribution in [1.29, 1.82) is 0 Å². The van der Waals surface area contributed by atoms with Gasteiger partial charge in [-0.1, -0.05) is 24.3 Å². The number of benzene rings is 1. The van der Waals surface area contributed by atoms with Gasteiger partial charge in [0.2, 0.25) is 0 Å². The normalized spacial score (nSPS) is 12.9. The van der Waals surface area contributed by atoms with Crippen molar-refractivity contribution in [3.8, 4) is 10.4 Å². The predicted molar refractivity (Wildman–Crippen MR) is 57.1 cm³/mol. The van der Waals surface area contributed by atoms with Gasteiger partial charge in [0, 0.05) is 6.54 Å². The molecule has 1 aliphatic rings. The van der Waals surface area contributed by atoms with Crippen LogP contribution in [0.4, 0.5) is 5.69 Å². The highest BCUT2D eigenvalue weighted by molar-refractivity contribution is 7.14. The quantitative estimate of drug-likeness (QED) is 0.667. The molecule has 1 aromatic carbocycles. The summed E-state index contributed by atoms with van der Waals surface area (Å²) in [5, 5.41) is 5.55. The van der Waals surface area contributed by atoms with Gasteiger partial charge in [-0.15, -0.1) is 11.3 Å². The van der Waals surface area contributed by atoms with Crippen LogP contribution < -0.4 is 5.32 Å². The van der Waals surface area contributed by atoms with Crippen LogP contribution in [-0.4, -0.2) is 0 Å². The fourth-order valence-electron chi connectivity index (χ4n) is 1.74. The number of thiophene rings is 1. The van der Waals surface area contributed by atoms with E-state index >= 15 is 0 Å². The molecule has 0 aliphatic carbocycles. The Hall–Kier alpha value is -1.28. The van der Waals surface area contributed by atoms with E-state index in [1.54, 1.807) is 11.3 Å². The van der Waals surface area contributed by atoms with Gasteiger partial charge < -0.3 is 5.32 Å². The molecule has 0 fully saturated rings. The lowest BCUT2D eigenvalue weighted by Crippen LogP contribution is -2.05. The number of hydrogen-bond donors (Lipinski definition) is 1. The highest BCUT2D eigenvalue weighted by Crippen LogP contribution is 2.39. The van der Waals surface area contributed by atoms with Crippen LogP contribution in [0.3, 0.4) is 0 Å². The molecule has 3 rings (SSSR count). The van der Waals surface area contributed by atoms with Gasteiger partial charge in [-0.25, -0.2) is 0 Å². The van der Waals surface area contributed by atoms with Crippen LogP contribution in [0.1, 0.15) is 5.56 Å². The molecule has 0 radical (unpaired) electrons. The first-order valence-corrected chi connectivity index (χ1v) is 5.23. The van der Waals surface area contributed by atoms with E-state index in [-0.39, 0.29) is 0 Å². The molecular weight excluding hydrogens is 178 g/mol. The van der Waals surface area contributed by atoms with Crippen molar-refractivity contribution < 1.29 is 0 Å². The lowest BCUT2D eigenvalue weighted by molar-refractivity contribution is 1.14. The molecule has 0 saturated carbocycles. The molecule has 2 aromatic rings. The molecule has 0 unspecified atom stereocenters. The van der Waals surface area contributed by atoms with Gasteiger partial charge >= 0.3 is 0 Å². The number of rotatable bonds is 0. The Bertz CT molecular complexity index is 445. The molecular formula is C11H9NS. The third kappa shape index (κ3) is 0.988. The van der Waals surface area contributed by atoms with Crippen molar-refractivity contribution in [3.05, 3.63) is 41.3 Å². The third-order valence-electron chi connectivity index (χ3n) is 2.40. The van der Waals surface area contributed by atoms with E-state index in [0.29, 0.717) is 0 Å². The molecule has 13 heavy (non-hydrogen) atoms. The molecule has 2 heteroatoms. The topological polar surface area (TPSA) is 12.0 Å². The minimum Gasteiger partial charge on any atom is -0.380 e. The average molecular weight is 187 g/mol. The van der Waals surface area contributed by atoms with E-state index in [1.807, 2.05) is 0 Å². The monoisotopic (exact) mass is 187 g/mol. The molecule has 0 atom stereocenters. The van der Waals surface area contributed by atoms with Crippen LogP contribution in [0.5, 0.6) is 0 Å². The minimum absolute atomic E-state index is 0.958. The molecule has 0 bridgehead atoms. The fourth-order valence-corrected chi connectivity index (χ4v) is 2.68. The summed E-state index contributed by atoms with van der Waals surface area (Å²) in [7, 11) is 0. The summed E-state index contributed by atoms with van der Waals surface area (Å²) < 4.78 is 0. The van der Waals surface area contributed by atoms with E-state index in [9.17, 15) is 0 Å². The molecule has 64 valence electrons. The maximum atomic E-state index is 3.41. The van der Waals surface area contributed by atoms with Crippen molar-refractivity contribution >= 4 is 17.0 Å². The molecule has 2 heterocycles. The van der Waals surface area contributed by atoms with Crippen molar-refractivity contribution in [3.63, 3.8) is 0 Å². The van der Waals surface area contributed by atoms with Crippen LogP contribution >= 0.6 is 11.3 Å². The van der Waals surface area contributed by atoms with Crippen molar-refractivity contribution in [2.45, 2.75) is 6.54 Å². The fraction of sp³-hybridized carbons (Fsp3) is 0.0909. The van der Waals surface area contributed by atoms with Crippen LogP contribution in [-0.2, 0) is 6.54 Å². The Morgan fingerprint density at radius 3 is 3.08 bits per heavy atom. The number of anilines is 1. The SMILES string of the molecule is c1ccc2c(c1)CNc1ccsc1-2. The summed E-state index contributed by atoms with van der Waals surface area (Å²) in [6.07, 6.45) is 0. The van der Waals surface area contributed by atoms with Crippen molar-refractivity contribution in [1.82, 2.24) is 0 Å². The molecule has 0 amide bonds. The summed E-state index contributed by atoms with van der Waals surface area (Å²) in [6.45, 7) is 0.958. The van der Waals surface area contributed by atoms with Gasteiger partial charge in [-0.2, -0.15) is 0 Å². The molecule has 1 aromatic heterocycles. The van der Waals surface area contributed by atoms with Gasteiger partial charge in [0.05, 0.1) is 10.6 Å². The van der Waals surface area contributed by atoms with E-state index in [2.05, 4.69) is 41.0 Å². The number of fused-ring (bicyclic) bond motifs is 3. The maximum absolute atomic E-state index is 3.41. The summed E-state index contributed by atoms with van der Waals surface area (Å²) in [4.78, 5) is 1.38. The Morgan fingerprint density at radius 1 is 1.15 bits per heavy atom.